The minimum absolute atomic E-state index is 0.169. The lowest BCUT2D eigenvalue weighted by Gasteiger charge is -2.35. The Bertz CT molecular complexity index is 516. The van der Waals surface area contributed by atoms with E-state index in [-0.39, 0.29) is 5.56 Å². The van der Waals surface area contributed by atoms with Gasteiger partial charge in [0.1, 0.15) is 5.75 Å². The lowest BCUT2D eigenvalue weighted by molar-refractivity contribution is 0.159. The van der Waals surface area contributed by atoms with Crippen LogP contribution in [0.5, 0.6) is 5.75 Å². The van der Waals surface area contributed by atoms with Gasteiger partial charge >= 0.3 is 0 Å². The van der Waals surface area contributed by atoms with E-state index in [1.165, 1.54) is 0 Å². The Labute approximate surface area is 122 Å². The van der Waals surface area contributed by atoms with Crippen LogP contribution in [0.4, 0.5) is 13.2 Å². The molecule has 6 heteroatoms. The number of rotatable bonds is 5. The largest absolute Gasteiger partial charge is 0.507 e. The summed E-state index contributed by atoms with van der Waals surface area (Å²) in [4.78, 5) is 1.97. The molecule has 0 aliphatic carbocycles. The Balaban J connectivity index is 2.40. The molecule has 0 bridgehead atoms. The van der Waals surface area contributed by atoms with Gasteiger partial charge in [-0.3, -0.25) is 4.90 Å². The highest BCUT2D eigenvalue weighted by atomic mass is 19.2. The number of nitrogens with zero attached hydrogens (tertiary/aromatic N) is 1. The Kier molecular flexibility index (Phi) is 5.25. The molecule has 1 atom stereocenters. The fraction of sp³-hybridized carbons (Fsp3) is 0.467. The number of halogens is 3. The van der Waals surface area contributed by atoms with Gasteiger partial charge in [0.05, 0.1) is 0 Å². The number of benzene rings is 1. The molecule has 1 aromatic rings. The average molecular weight is 300 g/mol. The minimum Gasteiger partial charge on any atom is -0.507 e. The maximum Gasteiger partial charge on any atom is 0.195 e. The van der Waals surface area contributed by atoms with Crippen molar-refractivity contribution >= 4 is 0 Å². The molecule has 1 aliphatic heterocycles. The summed E-state index contributed by atoms with van der Waals surface area (Å²) < 4.78 is 40.8. The maximum atomic E-state index is 14.1. The second-order valence-electron chi connectivity index (χ2n) is 5.09. The van der Waals surface area contributed by atoms with Crippen LogP contribution in [0.3, 0.4) is 0 Å². The third-order valence-electron chi connectivity index (χ3n) is 3.75. The SMILES string of the molecule is C=CCC[C@@H](c1c(O)cc(F)c(F)c1F)N1CCNCC1. The van der Waals surface area contributed by atoms with E-state index in [1.54, 1.807) is 6.08 Å². The molecule has 0 unspecified atom stereocenters. The molecule has 1 heterocycles. The molecule has 0 saturated carbocycles. The highest BCUT2D eigenvalue weighted by molar-refractivity contribution is 5.37. The minimum atomic E-state index is -1.54. The highest BCUT2D eigenvalue weighted by Gasteiger charge is 2.29. The molecule has 21 heavy (non-hydrogen) atoms. The topological polar surface area (TPSA) is 35.5 Å². The molecule has 1 saturated heterocycles. The van der Waals surface area contributed by atoms with Gasteiger partial charge in [-0.2, -0.15) is 0 Å². The summed E-state index contributed by atoms with van der Waals surface area (Å²) in [7, 11) is 0. The smallest absolute Gasteiger partial charge is 0.195 e. The molecule has 1 fully saturated rings. The van der Waals surface area contributed by atoms with Gasteiger partial charge in [0, 0.05) is 43.9 Å². The van der Waals surface area contributed by atoms with Crippen molar-refractivity contribution in [2.45, 2.75) is 18.9 Å². The lowest BCUT2D eigenvalue weighted by atomic mass is 9.97. The number of phenolic OH excluding ortho intramolecular Hbond substituents is 1. The number of piperazine rings is 1. The van der Waals surface area contributed by atoms with Crippen LogP contribution in [-0.2, 0) is 0 Å². The summed E-state index contributed by atoms with van der Waals surface area (Å²) in [6.45, 7) is 6.40. The van der Waals surface area contributed by atoms with E-state index in [4.69, 9.17) is 0 Å². The summed E-state index contributed by atoms with van der Waals surface area (Å²) in [5, 5.41) is 13.1. The van der Waals surface area contributed by atoms with Crippen LogP contribution >= 0.6 is 0 Å². The Morgan fingerprint density at radius 1 is 1.29 bits per heavy atom. The first-order valence-corrected chi connectivity index (χ1v) is 6.98. The van der Waals surface area contributed by atoms with Gasteiger partial charge in [0.2, 0.25) is 0 Å². The van der Waals surface area contributed by atoms with Crippen LogP contribution < -0.4 is 5.32 Å². The maximum absolute atomic E-state index is 14.1. The van der Waals surface area contributed by atoms with E-state index in [9.17, 15) is 18.3 Å². The summed E-state index contributed by atoms with van der Waals surface area (Å²) in [5.41, 5.74) is -0.169. The van der Waals surface area contributed by atoms with Crippen LogP contribution in [0.25, 0.3) is 0 Å². The second-order valence-corrected chi connectivity index (χ2v) is 5.09. The number of hydrogen-bond acceptors (Lipinski definition) is 3. The van der Waals surface area contributed by atoms with Gasteiger partial charge in [-0.1, -0.05) is 6.08 Å². The van der Waals surface area contributed by atoms with Crippen LogP contribution in [-0.4, -0.2) is 36.2 Å². The summed E-state index contributed by atoms with van der Waals surface area (Å²) in [6.07, 6.45) is 2.76. The fourth-order valence-corrected chi connectivity index (χ4v) is 2.69. The van der Waals surface area contributed by atoms with Gasteiger partial charge in [-0.15, -0.1) is 6.58 Å². The van der Waals surface area contributed by atoms with Gasteiger partial charge in [0.15, 0.2) is 17.5 Å². The first-order valence-electron chi connectivity index (χ1n) is 6.98. The van der Waals surface area contributed by atoms with E-state index in [0.717, 1.165) is 13.1 Å². The number of allylic oxidation sites excluding steroid dienone is 1. The monoisotopic (exact) mass is 300 g/mol. The molecule has 2 N–H and O–H groups in total. The van der Waals surface area contributed by atoms with Crippen LogP contribution in [0.2, 0.25) is 0 Å². The molecule has 3 nitrogen and oxygen atoms in total. The second kappa shape index (κ2) is 6.95. The van der Waals surface area contributed by atoms with Gasteiger partial charge < -0.3 is 10.4 Å². The zero-order valence-electron chi connectivity index (χ0n) is 11.7. The summed E-state index contributed by atoms with van der Waals surface area (Å²) >= 11 is 0. The van der Waals surface area contributed by atoms with Gasteiger partial charge in [0.25, 0.3) is 0 Å². The fourth-order valence-electron chi connectivity index (χ4n) is 2.69. The molecular formula is C15H19F3N2O. The van der Waals surface area contributed by atoms with Crippen LogP contribution in [0, 0.1) is 17.5 Å². The molecule has 0 spiro atoms. The normalized spacial score (nSPS) is 17.7. The predicted octanol–water partition coefficient (Wildman–Crippen LogP) is 2.72. The molecule has 116 valence electrons. The van der Waals surface area contributed by atoms with Gasteiger partial charge in [-0.05, 0) is 12.8 Å². The van der Waals surface area contributed by atoms with Crippen molar-refractivity contribution in [2.75, 3.05) is 26.2 Å². The van der Waals surface area contributed by atoms with Crippen molar-refractivity contribution in [3.05, 3.63) is 41.7 Å². The number of nitrogens with one attached hydrogen (secondary N) is 1. The number of phenols is 1. The van der Waals surface area contributed by atoms with Gasteiger partial charge in [-0.25, -0.2) is 13.2 Å². The van der Waals surface area contributed by atoms with Crippen molar-refractivity contribution in [3.63, 3.8) is 0 Å². The van der Waals surface area contributed by atoms with Crippen LogP contribution in [0.1, 0.15) is 24.4 Å². The Morgan fingerprint density at radius 3 is 2.57 bits per heavy atom. The number of hydrogen-bond donors (Lipinski definition) is 2. The first kappa shape index (κ1) is 15.9. The first-order chi connectivity index (χ1) is 10.1. The molecule has 1 aromatic carbocycles. The third kappa shape index (κ3) is 3.39. The van der Waals surface area contributed by atoms with Crippen molar-refractivity contribution < 1.29 is 18.3 Å². The van der Waals surface area contributed by atoms with E-state index in [0.29, 0.717) is 32.0 Å². The van der Waals surface area contributed by atoms with E-state index in [2.05, 4.69) is 11.9 Å². The quantitative estimate of drug-likeness (QED) is 0.648. The van der Waals surface area contributed by atoms with E-state index < -0.39 is 29.2 Å². The zero-order valence-corrected chi connectivity index (χ0v) is 11.7. The molecule has 2 rings (SSSR count). The van der Waals surface area contributed by atoms with Crippen molar-refractivity contribution in [1.29, 1.82) is 0 Å². The standard InChI is InChI=1S/C15H19F3N2O/c1-2-3-4-11(20-7-5-19-6-8-20)13-12(21)9-10(16)14(17)15(13)18/h2,9,11,19,21H,1,3-8H2/t11-/m0/s1. The van der Waals surface area contributed by atoms with E-state index in [1.807, 2.05) is 4.90 Å². The summed E-state index contributed by atoms with van der Waals surface area (Å²) in [6, 6.07) is 0.136. The third-order valence-corrected chi connectivity index (χ3v) is 3.75. The molecule has 0 radical (unpaired) electrons. The summed E-state index contributed by atoms with van der Waals surface area (Å²) in [5.74, 6) is -4.77. The van der Waals surface area contributed by atoms with Crippen molar-refractivity contribution in [2.24, 2.45) is 0 Å². The lowest BCUT2D eigenvalue weighted by Crippen LogP contribution is -2.45. The molecular weight excluding hydrogens is 281 g/mol. The molecule has 1 aliphatic rings. The zero-order chi connectivity index (χ0) is 15.4. The van der Waals surface area contributed by atoms with Crippen LogP contribution in [0.15, 0.2) is 18.7 Å². The van der Waals surface area contributed by atoms with E-state index >= 15 is 0 Å². The molecule has 0 aromatic heterocycles. The van der Waals surface area contributed by atoms with Crippen molar-refractivity contribution in [1.82, 2.24) is 10.2 Å². The number of aromatic hydroxyl groups is 1. The average Bonchev–Trinajstić information content (AvgIpc) is 2.49. The highest BCUT2D eigenvalue weighted by Crippen LogP contribution is 2.36. The van der Waals surface area contributed by atoms with Crippen molar-refractivity contribution in [3.8, 4) is 5.75 Å². The molecule has 0 amide bonds. The Hall–Kier alpha value is -1.53. The Morgan fingerprint density at radius 2 is 1.95 bits per heavy atom. The predicted molar refractivity (Wildman–Crippen MR) is 74.6 cm³/mol.